The Morgan fingerprint density at radius 2 is 1.15 bits per heavy atom. The van der Waals surface area contributed by atoms with E-state index in [-0.39, 0.29) is 19.0 Å². The number of unbranched alkanes of at least 4 members (excludes halogenated alkanes) is 10. The van der Waals surface area contributed by atoms with E-state index in [0.29, 0.717) is 19.3 Å². The number of carbonyl (C=O) groups is 2. The van der Waals surface area contributed by atoms with Crippen molar-refractivity contribution in [1.82, 2.24) is 0 Å². The summed E-state index contributed by atoms with van der Waals surface area (Å²) in [5, 5.41) is 19.6. The van der Waals surface area contributed by atoms with Gasteiger partial charge in [-0.15, -0.1) is 0 Å². The normalized spacial score (nSPS) is 13.7. The molecule has 6 heteroatoms. The van der Waals surface area contributed by atoms with Crippen LogP contribution in [-0.4, -0.2) is 47.6 Å². The third-order valence-electron chi connectivity index (χ3n) is 7.61. The van der Waals surface area contributed by atoms with Crippen LogP contribution in [0.4, 0.5) is 0 Å². The standard InChI is InChI=1S/C40H68O6/c1-4-5-6-7-8-9-10-11-14-17-20-23-26-30-37(42)31-28-33-39(43)45-35-38(34-41)46-40(44)32-27-24-21-18-15-12-13-16-19-22-25-29-36(2)3/h5-6,8-9,11,14,20,23,26,30,36-38,41-42H,4,7,10,12-13,15-19,21-22,24-25,27-29,31-35H2,1-3H3/b6-5-,9-8-,14-11-,23-20-,30-26+/t37?,38-/m0/s1. The number of allylic oxidation sites excluding steroid dienone is 9. The van der Waals surface area contributed by atoms with Gasteiger partial charge in [-0.3, -0.25) is 9.59 Å². The third-order valence-corrected chi connectivity index (χ3v) is 7.61. The maximum absolute atomic E-state index is 12.1. The van der Waals surface area contributed by atoms with Crippen LogP contribution in [0.3, 0.4) is 0 Å². The fourth-order valence-electron chi connectivity index (χ4n) is 4.82. The van der Waals surface area contributed by atoms with Crippen molar-refractivity contribution in [2.24, 2.45) is 5.92 Å². The van der Waals surface area contributed by atoms with Crippen molar-refractivity contribution in [2.45, 2.75) is 161 Å². The van der Waals surface area contributed by atoms with Gasteiger partial charge in [-0.25, -0.2) is 0 Å². The van der Waals surface area contributed by atoms with Gasteiger partial charge in [0, 0.05) is 12.8 Å². The zero-order valence-corrected chi connectivity index (χ0v) is 29.6. The molecular formula is C40H68O6. The highest BCUT2D eigenvalue weighted by molar-refractivity contribution is 5.70. The number of ether oxygens (including phenoxy) is 2. The minimum Gasteiger partial charge on any atom is -0.462 e. The summed E-state index contributed by atoms with van der Waals surface area (Å²) >= 11 is 0. The molecule has 0 aromatic carbocycles. The Morgan fingerprint density at radius 1 is 0.630 bits per heavy atom. The first kappa shape index (κ1) is 43.6. The molecule has 0 aliphatic rings. The topological polar surface area (TPSA) is 93.1 Å². The second-order valence-electron chi connectivity index (χ2n) is 12.6. The largest absolute Gasteiger partial charge is 0.462 e. The van der Waals surface area contributed by atoms with E-state index in [2.05, 4.69) is 57.2 Å². The zero-order chi connectivity index (χ0) is 33.9. The second-order valence-corrected chi connectivity index (χ2v) is 12.6. The molecule has 46 heavy (non-hydrogen) atoms. The molecule has 0 aliphatic carbocycles. The Bertz CT molecular complexity index is 854. The number of hydrogen-bond donors (Lipinski definition) is 2. The monoisotopic (exact) mass is 645 g/mol. The molecule has 0 radical (unpaired) electrons. The van der Waals surface area contributed by atoms with Gasteiger partial charge in [0.05, 0.1) is 12.7 Å². The lowest BCUT2D eigenvalue weighted by Gasteiger charge is -2.16. The van der Waals surface area contributed by atoms with Crippen molar-refractivity contribution < 1.29 is 29.3 Å². The van der Waals surface area contributed by atoms with Gasteiger partial charge < -0.3 is 19.7 Å². The van der Waals surface area contributed by atoms with Gasteiger partial charge in [0.25, 0.3) is 0 Å². The fourth-order valence-corrected chi connectivity index (χ4v) is 4.82. The molecule has 0 rings (SSSR count). The van der Waals surface area contributed by atoms with Crippen molar-refractivity contribution in [3.05, 3.63) is 60.8 Å². The summed E-state index contributed by atoms with van der Waals surface area (Å²) in [4.78, 5) is 24.2. The molecule has 0 spiro atoms. The first-order chi connectivity index (χ1) is 22.4. The van der Waals surface area contributed by atoms with Crippen LogP contribution in [0.5, 0.6) is 0 Å². The third kappa shape index (κ3) is 32.9. The zero-order valence-electron chi connectivity index (χ0n) is 29.6. The highest BCUT2D eigenvalue weighted by atomic mass is 16.6. The molecule has 0 amide bonds. The number of carbonyl (C=O) groups excluding carboxylic acids is 2. The van der Waals surface area contributed by atoms with Crippen LogP contribution in [0.2, 0.25) is 0 Å². The van der Waals surface area contributed by atoms with E-state index < -0.39 is 24.8 Å². The lowest BCUT2D eigenvalue weighted by atomic mass is 10.0. The van der Waals surface area contributed by atoms with Crippen LogP contribution in [0.25, 0.3) is 0 Å². The maximum Gasteiger partial charge on any atom is 0.306 e. The Kier molecular flexibility index (Phi) is 32.1. The van der Waals surface area contributed by atoms with Gasteiger partial charge in [0.2, 0.25) is 0 Å². The number of esters is 2. The van der Waals surface area contributed by atoms with E-state index in [9.17, 15) is 19.8 Å². The van der Waals surface area contributed by atoms with E-state index in [1.165, 1.54) is 57.8 Å². The van der Waals surface area contributed by atoms with Gasteiger partial charge in [0.1, 0.15) is 6.61 Å². The van der Waals surface area contributed by atoms with Crippen molar-refractivity contribution >= 4 is 11.9 Å². The molecule has 0 aliphatic heterocycles. The molecular weight excluding hydrogens is 576 g/mol. The van der Waals surface area contributed by atoms with Gasteiger partial charge in [-0.2, -0.15) is 0 Å². The Hall–Kier alpha value is -2.44. The molecule has 0 bridgehead atoms. The van der Waals surface area contributed by atoms with Gasteiger partial charge in [0.15, 0.2) is 6.10 Å². The number of rotatable bonds is 31. The molecule has 264 valence electrons. The first-order valence-electron chi connectivity index (χ1n) is 18.3. The number of aliphatic hydroxyl groups is 2. The summed E-state index contributed by atoms with van der Waals surface area (Å²) in [6.45, 7) is 6.16. The van der Waals surface area contributed by atoms with Crippen LogP contribution in [0.15, 0.2) is 60.8 Å². The molecule has 0 aromatic rings. The van der Waals surface area contributed by atoms with E-state index >= 15 is 0 Å². The quantitative estimate of drug-likeness (QED) is 0.0338. The fraction of sp³-hybridized carbons (Fsp3) is 0.700. The van der Waals surface area contributed by atoms with Crippen LogP contribution in [0.1, 0.15) is 149 Å². The van der Waals surface area contributed by atoms with Crippen molar-refractivity contribution in [1.29, 1.82) is 0 Å². The van der Waals surface area contributed by atoms with Gasteiger partial charge in [-0.05, 0) is 50.9 Å². The highest BCUT2D eigenvalue weighted by Crippen LogP contribution is 2.14. The van der Waals surface area contributed by atoms with Gasteiger partial charge >= 0.3 is 11.9 Å². The molecule has 0 aromatic heterocycles. The first-order valence-corrected chi connectivity index (χ1v) is 18.3. The summed E-state index contributed by atoms with van der Waals surface area (Å²) in [5.41, 5.74) is 0. The van der Waals surface area contributed by atoms with E-state index in [0.717, 1.165) is 50.9 Å². The summed E-state index contributed by atoms with van der Waals surface area (Å²) in [6.07, 6.45) is 38.8. The smallest absolute Gasteiger partial charge is 0.306 e. The minimum absolute atomic E-state index is 0.152. The Balaban J connectivity index is 3.80. The molecule has 0 saturated heterocycles. The molecule has 2 atom stereocenters. The average Bonchev–Trinajstić information content (AvgIpc) is 3.03. The van der Waals surface area contributed by atoms with Crippen molar-refractivity contribution in [2.75, 3.05) is 13.2 Å². The van der Waals surface area contributed by atoms with Crippen molar-refractivity contribution in [3.8, 4) is 0 Å². The minimum atomic E-state index is -0.846. The van der Waals surface area contributed by atoms with Crippen LogP contribution in [0, 0.1) is 5.92 Å². The van der Waals surface area contributed by atoms with Crippen molar-refractivity contribution in [3.63, 3.8) is 0 Å². The van der Waals surface area contributed by atoms with E-state index in [1.807, 2.05) is 18.2 Å². The maximum atomic E-state index is 12.1. The predicted molar refractivity (Wildman–Crippen MR) is 192 cm³/mol. The van der Waals surface area contributed by atoms with Crippen LogP contribution < -0.4 is 0 Å². The van der Waals surface area contributed by atoms with E-state index in [1.54, 1.807) is 6.08 Å². The second kappa shape index (κ2) is 33.9. The molecule has 6 nitrogen and oxygen atoms in total. The molecule has 0 heterocycles. The summed E-state index contributed by atoms with van der Waals surface area (Å²) in [6, 6.07) is 0. The SMILES string of the molecule is CC/C=C\C/C=C\C/C=C\C/C=C\C=C\C(O)CCCC(=O)OC[C@H](CO)OC(=O)CCCCCCCCCCCCCC(C)C. The summed E-state index contributed by atoms with van der Waals surface area (Å²) in [7, 11) is 0. The van der Waals surface area contributed by atoms with E-state index in [4.69, 9.17) is 9.47 Å². The lowest BCUT2D eigenvalue weighted by molar-refractivity contribution is -0.161. The number of aliphatic hydroxyl groups excluding tert-OH is 2. The average molecular weight is 645 g/mol. The van der Waals surface area contributed by atoms with Crippen LogP contribution >= 0.6 is 0 Å². The summed E-state index contributed by atoms with van der Waals surface area (Å²) < 4.78 is 10.5. The molecule has 0 fully saturated rings. The number of hydrogen-bond acceptors (Lipinski definition) is 6. The van der Waals surface area contributed by atoms with Gasteiger partial charge in [-0.1, -0.05) is 152 Å². The Labute approximate surface area is 282 Å². The van der Waals surface area contributed by atoms with Crippen LogP contribution in [-0.2, 0) is 19.1 Å². The molecule has 1 unspecified atom stereocenters. The molecule has 0 saturated carbocycles. The summed E-state index contributed by atoms with van der Waals surface area (Å²) in [5.74, 6) is 0.0217. The lowest BCUT2D eigenvalue weighted by Crippen LogP contribution is -2.28. The predicted octanol–water partition coefficient (Wildman–Crippen LogP) is 10.1. The Morgan fingerprint density at radius 3 is 1.72 bits per heavy atom. The molecule has 2 N–H and O–H groups in total. The highest BCUT2D eigenvalue weighted by Gasteiger charge is 2.16.